The van der Waals surface area contributed by atoms with Gasteiger partial charge in [-0.2, -0.15) is 18.3 Å². The molecule has 1 aliphatic rings. The summed E-state index contributed by atoms with van der Waals surface area (Å²) in [6, 6.07) is 7.32. The molecule has 4 rings (SSSR count). The van der Waals surface area contributed by atoms with Crippen LogP contribution in [0.1, 0.15) is 16.2 Å². The number of halogens is 4. The predicted octanol–water partition coefficient (Wildman–Crippen LogP) is 3.46. The number of benzene rings is 1. The molecular formula is C20H19ClF3N5O2. The number of carbonyl (C=O) groups is 1. The van der Waals surface area contributed by atoms with Gasteiger partial charge in [-0.1, -0.05) is 11.6 Å². The number of piperazine rings is 1. The van der Waals surface area contributed by atoms with Crippen molar-refractivity contribution in [2.75, 3.05) is 40.3 Å². The first kappa shape index (κ1) is 21.4. The number of carbonyl (C=O) groups excluding carboxylic acids is 1. The molecule has 0 spiro atoms. The van der Waals surface area contributed by atoms with E-state index in [2.05, 4.69) is 15.0 Å². The Hall–Kier alpha value is -2.85. The summed E-state index contributed by atoms with van der Waals surface area (Å²) in [4.78, 5) is 20.8. The summed E-state index contributed by atoms with van der Waals surface area (Å²) < 4.78 is 47.1. The lowest BCUT2D eigenvalue weighted by atomic mass is 10.1. The number of nitrogens with zero attached hydrogens (tertiary/aromatic N) is 5. The van der Waals surface area contributed by atoms with Crippen LogP contribution in [0.4, 0.5) is 13.2 Å². The van der Waals surface area contributed by atoms with E-state index in [1.807, 2.05) is 7.05 Å². The van der Waals surface area contributed by atoms with Crippen molar-refractivity contribution < 1.29 is 22.7 Å². The molecule has 3 aromatic rings. The van der Waals surface area contributed by atoms with Crippen LogP contribution in [-0.4, -0.2) is 70.6 Å². The number of ether oxygens (including phenoxy) is 1. The Morgan fingerprint density at radius 1 is 1.13 bits per heavy atom. The van der Waals surface area contributed by atoms with Gasteiger partial charge < -0.3 is 14.5 Å². The molecule has 2 aromatic heterocycles. The van der Waals surface area contributed by atoms with Gasteiger partial charge >= 0.3 is 6.18 Å². The highest BCUT2D eigenvalue weighted by Crippen LogP contribution is 2.35. The van der Waals surface area contributed by atoms with Crippen LogP contribution >= 0.6 is 11.6 Å². The fourth-order valence-electron chi connectivity index (χ4n) is 3.40. The van der Waals surface area contributed by atoms with Gasteiger partial charge in [0.1, 0.15) is 10.8 Å². The zero-order chi connectivity index (χ0) is 22.3. The Bertz CT molecular complexity index is 1120. The van der Waals surface area contributed by atoms with Crippen molar-refractivity contribution in [3.63, 3.8) is 0 Å². The van der Waals surface area contributed by atoms with Crippen LogP contribution in [0.3, 0.4) is 0 Å². The number of alkyl halides is 3. The van der Waals surface area contributed by atoms with E-state index < -0.39 is 17.8 Å². The second kappa shape index (κ2) is 8.01. The maximum atomic E-state index is 13.8. The standard InChI is InChI=1S/C20H19ClF3N5O2/c1-27-7-9-28(10-8-27)19(30)17-16(21)18-25-14(12-3-5-13(31-2)6-4-12)11-15(20(22,23)24)29(18)26-17/h3-6,11H,7-10H2,1-2H3. The van der Waals surface area contributed by atoms with E-state index in [1.54, 1.807) is 24.3 Å². The van der Waals surface area contributed by atoms with Gasteiger partial charge in [0.05, 0.1) is 12.8 Å². The number of fused-ring (bicyclic) bond motifs is 1. The smallest absolute Gasteiger partial charge is 0.433 e. The topological polar surface area (TPSA) is 63.0 Å². The average molecular weight is 454 g/mol. The third-order valence-electron chi connectivity index (χ3n) is 5.20. The van der Waals surface area contributed by atoms with Crippen molar-refractivity contribution in [1.82, 2.24) is 24.4 Å². The van der Waals surface area contributed by atoms with Crippen molar-refractivity contribution in [2.24, 2.45) is 0 Å². The number of rotatable bonds is 3. The van der Waals surface area contributed by atoms with E-state index in [4.69, 9.17) is 16.3 Å². The highest BCUT2D eigenvalue weighted by Gasteiger charge is 2.37. The summed E-state index contributed by atoms with van der Waals surface area (Å²) in [5, 5.41) is 3.71. The van der Waals surface area contributed by atoms with Crippen molar-refractivity contribution in [2.45, 2.75) is 6.18 Å². The Kier molecular flexibility index (Phi) is 5.52. The van der Waals surface area contributed by atoms with Crippen molar-refractivity contribution in [3.8, 4) is 17.0 Å². The molecule has 0 radical (unpaired) electrons. The molecule has 11 heteroatoms. The van der Waals surface area contributed by atoms with Crippen molar-refractivity contribution >= 4 is 23.2 Å². The summed E-state index contributed by atoms with van der Waals surface area (Å²) in [6.07, 6.45) is -4.73. The van der Waals surface area contributed by atoms with Crippen LogP contribution in [0.2, 0.25) is 5.02 Å². The summed E-state index contributed by atoms with van der Waals surface area (Å²) in [5.74, 6) is 0.0473. The Morgan fingerprint density at radius 3 is 2.35 bits per heavy atom. The largest absolute Gasteiger partial charge is 0.497 e. The van der Waals surface area contributed by atoms with Gasteiger partial charge in [0, 0.05) is 31.7 Å². The fraction of sp³-hybridized carbons (Fsp3) is 0.350. The van der Waals surface area contributed by atoms with Gasteiger partial charge in [-0.25, -0.2) is 9.50 Å². The quantitative estimate of drug-likeness (QED) is 0.607. The molecule has 3 heterocycles. The second-order valence-electron chi connectivity index (χ2n) is 7.25. The molecule has 1 aromatic carbocycles. The summed E-state index contributed by atoms with van der Waals surface area (Å²) >= 11 is 6.34. The van der Waals surface area contributed by atoms with Gasteiger partial charge in [0.25, 0.3) is 5.91 Å². The summed E-state index contributed by atoms with van der Waals surface area (Å²) in [7, 11) is 3.42. The SMILES string of the molecule is COc1ccc(-c2cc(C(F)(F)F)n3nc(C(=O)N4CCN(C)CC4)c(Cl)c3n2)cc1. The zero-order valence-corrected chi connectivity index (χ0v) is 17.5. The van der Waals surface area contributed by atoms with Crippen LogP contribution in [-0.2, 0) is 6.18 Å². The van der Waals surface area contributed by atoms with E-state index in [1.165, 1.54) is 12.0 Å². The summed E-state index contributed by atoms with van der Waals surface area (Å²) in [5.41, 5.74) is -1.03. The second-order valence-corrected chi connectivity index (χ2v) is 7.62. The van der Waals surface area contributed by atoms with E-state index in [0.717, 1.165) is 6.07 Å². The number of aromatic nitrogens is 3. The molecule has 31 heavy (non-hydrogen) atoms. The number of hydrogen-bond acceptors (Lipinski definition) is 5. The van der Waals surface area contributed by atoms with E-state index in [9.17, 15) is 18.0 Å². The zero-order valence-electron chi connectivity index (χ0n) is 16.8. The third kappa shape index (κ3) is 4.05. The minimum Gasteiger partial charge on any atom is -0.497 e. The van der Waals surface area contributed by atoms with Gasteiger partial charge in [-0.05, 0) is 37.4 Å². The van der Waals surface area contributed by atoms with E-state index in [0.29, 0.717) is 42.0 Å². The fourth-order valence-corrected chi connectivity index (χ4v) is 3.64. The number of methoxy groups -OCH3 is 1. The van der Waals surface area contributed by atoms with E-state index >= 15 is 0 Å². The van der Waals surface area contributed by atoms with Crippen LogP contribution in [0, 0.1) is 0 Å². The Balaban J connectivity index is 1.83. The first-order valence-electron chi connectivity index (χ1n) is 9.47. The van der Waals surface area contributed by atoms with Crippen molar-refractivity contribution in [3.05, 3.63) is 46.7 Å². The molecule has 0 saturated carbocycles. The molecular weight excluding hydrogens is 435 g/mol. The first-order valence-corrected chi connectivity index (χ1v) is 9.85. The Morgan fingerprint density at radius 2 is 1.77 bits per heavy atom. The van der Waals surface area contributed by atoms with Crippen LogP contribution in [0.25, 0.3) is 16.9 Å². The average Bonchev–Trinajstić information content (AvgIpc) is 3.09. The molecule has 1 amide bonds. The minimum absolute atomic E-state index is 0.0582. The first-order chi connectivity index (χ1) is 14.7. The highest BCUT2D eigenvalue weighted by molar-refractivity contribution is 6.36. The summed E-state index contributed by atoms with van der Waals surface area (Å²) in [6.45, 7) is 2.20. The Labute approximate surface area is 181 Å². The lowest BCUT2D eigenvalue weighted by Crippen LogP contribution is -2.47. The third-order valence-corrected chi connectivity index (χ3v) is 5.55. The molecule has 0 bridgehead atoms. The molecule has 0 N–H and O–H groups in total. The molecule has 0 aliphatic carbocycles. The number of hydrogen-bond donors (Lipinski definition) is 0. The number of amides is 1. The number of likely N-dealkylation sites (N-methyl/N-ethyl adjacent to an activating group) is 1. The highest BCUT2D eigenvalue weighted by atomic mass is 35.5. The van der Waals surface area contributed by atoms with Gasteiger partial charge in [0.2, 0.25) is 0 Å². The maximum absolute atomic E-state index is 13.8. The molecule has 0 atom stereocenters. The lowest BCUT2D eigenvalue weighted by Gasteiger charge is -2.31. The van der Waals surface area contributed by atoms with Gasteiger partial charge in [0.15, 0.2) is 17.0 Å². The lowest BCUT2D eigenvalue weighted by molar-refractivity contribution is -0.142. The predicted molar refractivity (Wildman–Crippen MR) is 108 cm³/mol. The molecule has 1 fully saturated rings. The molecule has 0 unspecified atom stereocenters. The van der Waals surface area contributed by atoms with E-state index in [-0.39, 0.29) is 22.1 Å². The molecule has 1 aliphatic heterocycles. The monoisotopic (exact) mass is 453 g/mol. The maximum Gasteiger partial charge on any atom is 0.433 e. The van der Waals surface area contributed by atoms with Gasteiger partial charge in [-0.3, -0.25) is 4.79 Å². The molecule has 1 saturated heterocycles. The normalized spacial score (nSPS) is 15.5. The van der Waals surface area contributed by atoms with Crippen LogP contribution < -0.4 is 4.74 Å². The minimum atomic E-state index is -4.73. The van der Waals surface area contributed by atoms with Crippen molar-refractivity contribution in [1.29, 1.82) is 0 Å². The molecule has 164 valence electrons. The van der Waals surface area contributed by atoms with Crippen LogP contribution in [0.5, 0.6) is 5.75 Å². The molecule has 7 nitrogen and oxygen atoms in total. The van der Waals surface area contributed by atoms with Gasteiger partial charge in [-0.15, -0.1) is 0 Å². The van der Waals surface area contributed by atoms with Crippen LogP contribution in [0.15, 0.2) is 30.3 Å².